The molecule has 0 aliphatic carbocycles. The fourth-order valence-electron chi connectivity index (χ4n) is 2.27. The molecule has 0 aromatic rings. The van der Waals surface area contributed by atoms with Gasteiger partial charge in [-0.15, -0.1) is 0 Å². The fraction of sp³-hybridized carbons (Fsp3) is 0.765. The van der Waals surface area contributed by atoms with Gasteiger partial charge in [-0.05, 0) is 19.3 Å². The summed E-state index contributed by atoms with van der Waals surface area (Å²) in [5.41, 5.74) is 0. The van der Waals surface area contributed by atoms with Crippen molar-refractivity contribution < 1.29 is 19.8 Å². The van der Waals surface area contributed by atoms with Gasteiger partial charge in [0.2, 0.25) is 0 Å². The zero-order valence-electron chi connectivity index (χ0n) is 13.4. The Morgan fingerprint density at radius 3 is 2.00 bits per heavy atom. The SMILES string of the molecule is CCCCCCCCCC=CCC(C(=O)O)C(C)C(=O)O. The maximum absolute atomic E-state index is 11.0. The van der Waals surface area contributed by atoms with Crippen LogP contribution in [0.3, 0.4) is 0 Å². The number of carboxylic acid groups (broad SMARTS) is 2. The predicted octanol–water partition coefficient (Wildman–Crippen LogP) is 4.49. The van der Waals surface area contributed by atoms with Crippen molar-refractivity contribution >= 4 is 11.9 Å². The van der Waals surface area contributed by atoms with Gasteiger partial charge >= 0.3 is 11.9 Å². The van der Waals surface area contributed by atoms with Crippen molar-refractivity contribution in [2.75, 3.05) is 0 Å². The van der Waals surface area contributed by atoms with Crippen molar-refractivity contribution in [2.45, 2.75) is 71.6 Å². The molecule has 0 bridgehead atoms. The Hall–Kier alpha value is -1.32. The van der Waals surface area contributed by atoms with Crippen LogP contribution in [0.25, 0.3) is 0 Å². The molecule has 2 unspecified atom stereocenters. The first kappa shape index (κ1) is 19.7. The summed E-state index contributed by atoms with van der Waals surface area (Å²) in [5, 5.41) is 17.9. The van der Waals surface area contributed by atoms with Gasteiger partial charge < -0.3 is 10.2 Å². The Balaban J connectivity index is 3.78. The Labute approximate surface area is 128 Å². The van der Waals surface area contributed by atoms with Crippen LogP contribution in [0.4, 0.5) is 0 Å². The maximum atomic E-state index is 11.0. The minimum absolute atomic E-state index is 0.291. The van der Waals surface area contributed by atoms with Crippen molar-refractivity contribution in [3.05, 3.63) is 12.2 Å². The highest BCUT2D eigenvalue weighted by Gasteiger charge is 2.28. The normalized spacial score (nSPS) is 14.2. The van der Waals surface area contributed by atoms with Gasteiger partial charge in [-0.25, -0.2) is 0 Å². The van der Waals surface area contributed by atoms with Crippen molar-refractivity contribution in [1.82, 2.24) is 0 Å². The molecule has 0 amide bonds. The van der Waals surface area contributed by atoms with Gasteiger partial charge in [-0.1, -0.05) is 64.5 Å². The van der Waals surface area contributed by atoms with Gasteiger partial charge in [0.15, 0.2) is 0 Å². The van der Waals surface area contributed by atoms with E-state index in [0.717, 1.165) is 12.8 Å². The first-order valence-corrected chi connectivity index (χ1v) is 8.11. The molecule has 0 aliphatic rings. The zero-order chi connectivity index (χ0) is 16.1. The molecule has 0 saturated heterocycles. The Bertz CT molecular complexity index is 323. The van der Waals surface area contributed by atoms with E-state index in [-0.39, 0.29) is 0 Å². The summed E-state index contributed by atoms with van der Waals surface area (Å²) >= 11 is 0. The molecule has 0 heterocycles. The van der Waals surface area contributed by atoms with E-state index in [4.69, 9.17) is 10.2 Å². The predicted molar refractivity (Wildman–Crippen MR) is 84.3 cm³/mol. The first-order chi connectivity index (χ1) is 10.0. The van der Waals surface area contributed by atoms with Crippen LogP contribution in [0.2, 0.25) is 0 Å². The number of rotatable bonds is 13. The summed E-state index contributed by atoms with van der Waals surface area (Å²) in [7, 11) is 0. The number of carbonyl (C=O) groups is 2. The van der Waals surface area contributed by atoms with E-state index in [1.165, 1.54) is 45.4 Å². The summed E-state index contributed by atoms with van der Waals surface area (Å²) in [6.45, 7) is 3.66. The highest BCUT2D eigenvalue weighted by molar-refractivity contribution is 5.79. The van der Waals surface area contributed by atoms with Gasteiger partial charge in [-0.2, -0.15) is 0 Å². The van der Waals surface area contributed by atoms with Crippen molar-refractivity contribution in [3.8, 4) is 0 Å². The van der Waals surface area contributed by atoms with E-state index in [0.29, 0.717) is 6.42 Å². The lowest BCUT2D eigenvalue weighted by Gasteiger charge is -2.14. The van der Waals surface area contributed by atoms with Gasteiger partial charge in [0.25, 0.3) is 0 Å². The highest BCUT2D eigenvalue weighted by Crippen LogP contribution is 2.17. The number of carboxylic acids is 2. The van der Waals surface area contributed by atoms with E-state index in [1.807, 2.05) is 12.2 Å². The summed E-state index contributed by atoms with van der Waals surface area (Å²) < 4.78 is 0. The molecule has 0 aromatic heterocycles. The second-order valence-corrected chi connectivity index (χ2v) is 5.69. The molecule has 122 valence electrons. The molecule has 21 heavy (non-hydrogen) atoms. The minimum Gasteiger partial charge on any atom is -0.481 e. The van der Waals surface area contributed by atoms with Crippen LogP contribution in [-0.4, -0.2) is 22.2 Å². The average molecular weight is 298 g/mol. The molecule has 0 saturated carbocycles. The van der Waals surface area contributed by atoms with E-state index < -0.39 is 23.8 Å². The lowest BCUT2D eigenvalue weighted by molar-refractivity contribution is -0.152. The minimum atomic E-state index is -1.05. The molecule has 0 rings (SSSR count). The van der Waals surface area contributed by atoms with E-state index in [2.05, 4.69) is 6.92 Å². The second-order valence-electron chi connectivity index (χ2n) is 5.69. The molecule has 0 aromatic carbocycles. The summed E-state index contributed by atoms with van der Waals surface area (Å²) in [6.07, 6.45) is 13.8. The Morgan fingerprint density at radius 2 is 1.48 bits per heavy atom. The monoisotopic (exact) mass is 298 g/mol. The summed E-state index contributed by atoms with van der Waals surface area (Å²) in [4.78, 5) is 21.9. The number of allylic oxidation sites excluding steroid dienone is 2. The number of hydrogen-bond donors (Lipinski definition) is 2. The number of hydrogen-bond acceptors (Lipinski definition) is 2. The number of unbranched alkanes of at least 4 members (excludes halogenated alkanes) is 7. The zero-order valence-corrected chi connectivity index (χ0v) is 13.4. The van der Waals surface area contributed by atoms with Crippen LogP contribution in [0.5, 0.6) is 0 Å². The molecule has 2 N–H and O–H groups in total. The molecule has 4 heteroatoms. The van der Waals surface area contributed by atoms with Crippen LogP contribution in [-0.2, 0) is 9.59 Å². The Kier molecular flexibility index (Phi) is 11.6. The molecule has 4 nitrogen and oxygen atoms in total. The Morgan fingerprint density at radius 1 is 0.905 bits per heavy atom. The standard InChI is InChI=1S/C17H30O4/c1-3-4-5-6-7-8-9-10-11-12-13-15(17(20)21)14(2)16(18)19/h11-12,14-15H,3-10,13H2,1-2H3,(H,18,19)(H,20,21). The third kappa shape index (κ3) is 10.1. The molecular weight excluding hydrogens is 268 g/mol. The lowest BCUT2D eigenvalue weighted by atomic mass is 9.91. The molecule has 2 atom stereocenters. The third-order valence-electron chi connectivity index (χ3n) is 3.84. The van der Waals surface area contributed by atoms with E-state index in [1.54, 1.807) is 0 Å². The summed E-state index contributed by atoms with van der Waals surface area (Å²) in [6, 6.07) is 0. The maximum Gasteiger partial charge on any atom is 0.307 e. The summed E-state index contributed by atoms with van der Waals surface area (Å²) in [5.74, 6) is -3.79. The smallest absolute Gasteiger partial charge is 0.307 e. The van der Waals surface area contributed by atoms with Crippen LogP contribution in [0, 0.1) is 11.8 Å². The first-order valence-electron chi connectivity index (χ1n) is 8.11. The molecule has 0 fully saturated rings. The third-order valence-corrected chi connectivity index (χ3v) is 3.84. The van der Waals surface area contributed by atoms with Crippen molar-refractivity contribution in [1.29, 1.82) is 0 Å². The quantitative estimate of drug-likeness (QED) is 0.388. The number of aliphatic carboxylic acids is 2. The topological polar surface area (TPSA) is 74.6 Å². The molecular formula is C17H30O4. The van der Waals surface area contributed by atoms with Crippen LogP contribution < -0.4 is 0 Å². The highest BCUT2D eigenvalue weighted by atomic mass is 16.4. The van der Waals surface area contributed by atoms with Crippen molar-refractivity contribution in [3.63, 3.8) is 0 Å². The second kappa shape index (κ2) is 12.4. The average Bonchev–Trinajstić information content (AvgIpc) is 2.43. The van der Waals surface area contributed by atoms with Gasteiger partial charge in [0.1, 0.15) is 0 Å². The lowest BCUT2D eigenvalue weighted by Crippen LogP contribution is -2.27. The largest absolute Gasteiger partial charge is 0.481 e. The van der Waals surface area contributed by atoms with Gasteiger partial charge in [0, 0.05) is 0 Å². The molecule has 0 spiro atoms. The van der Waals surface area contributed by atoms with Crippen LogP contribution in [0.15, 0.2) is 12.2 Å². The van der Waals surface area contributed by atoms with Gasteiger partial charge in [0.05, 0.1) is 11.8 Å². The van der Waals surface area contributed by atoms with Gasteiger partial charge in [-0.3, -0.25) is 9.59 Å². The van der Waals surface area contributed by atoms with Crippen molar-refractivity contribution in [2.24, 2.45) is 11.8 Å². The van der Waals surface area contributed by atoms with E-state index in [9.17, 15) is 9.59 Å². The van der Waals surface area contributed by atoms with Crippen LogP contribution in [0.1, 0.15) is 71.6 Å². The fourth-order valence-corrected chi connectivity index (χ4v) is 2.27. The van der Waals surface area contributed by atoms with E-state index >= 15 is 0 Å². The van der Waals surface area contributed by atoms with Crippen LogP contribution >= 0.6 is 0 Å². The molecule has 0 radical (unpaired) electrons. The molecule has 0 aliphatic heterocycles.